The van der Waals surface area contributed by atoms with E-state index in [0.717, 1.165) is 11.1 Å². The van der Waals surface area contributed by atoms with E-state index in [1.165, 1.54) is 18.2 Å². The van der Waals surface area contributed by atoms with E-state index in [-0.39, 0.29) is 5.02 Å². The maximum absolute atomic E-state index is 13.0. The normalized spacial score (nSPS) is 12.2. The molecule has 118 valence electrons. The summed E-state index contributed by atoms with van der Waals surface area (Å²) in [7, 11) is 0. The van der Waals surface area contributed by atoms with Gasteiger partial charge in [-0.25, -0.2) is 4.39 Å². The van der Waals surface area contributed by atoms with Crippen molar-refractivity contribution in [1.29, 1.82) is 0 Å². The first kappa shape index (κ1) is 15.5. The van der Waals surface area contributed by atoms with E-state index in [2.05, 4.69) is 10.2 Å². The molecule has 0 bridgehead atoms. The van der Waals surface area contributed by atoms with E-state index < -0.39 is 11.9 Å². The maximum Gasteiger partial charge on any atom is 0.257 e. The molecule has 2 aromatic carbocycles. The lowest BCUT2D eigenvalue weighted by molar-refractivity contribution is 0.189. The van der Waals surface area contributed by atoms with Gasteiger partial charge >= 0.3 is 0 Å². The molecule has 0 aliphatic heterocycles. The number of hydrogen-bond donors (Lipinski definition) is 0. The minimum absolute atomic E-state index is 0.190. The molecule has 0 aliphatic rings. The molecule has 0 aliphatic carbocycles. The highest BCUT2D eigenvalue weighted by atomic mass is 35.5. The third kappa shape index (κ3) is 3.51. The van der Waals surface area contributed by atoms with Crippen LogP contribution in [0.2, 0.25) is 5.02 Å². The summed E-state index contributed by atoms with van der Waals surface area (Å²) in [6, 6.07) is 11.7. The van der Waals surface area contributed by atoms with Crippen LogP contribution in [0.4, 0.5) is 4.39 Å². The minimum atomic E-state index is -0.510. The Kier molecular flexibility index (Phi) is 4.30. The van der Waals surface area contributed by atoms with E-state index in [1.54, 1.807) is 6.92 Å². The summed E-state index contributed by atoms with van der Waals surface area (Å²) in [6.45, 7) is 3.76. The monoisotopic (exact) mass is 332 g/mol. The number of aryl methyl sites for hydroxylation is 1. The van der Waals surface area contributed by atoms with Crippen molar-refractivity contribution in [2.24, 2.45) is 0 Å². The number of benzene rings is 2. The Morgan fingerprint density at radius 1 is 1.13 bits per heavy atom. The molecule has 23 heavy (non-hydrogen) atoms. The third-order valence-electron chi connectivity index (χ3n) is 3.28. The van der Waals surface area contributed by atoms with Gasteiger partial charge in [-0.15, -0.1) is 10.2 Å². The lowest BCUT2D eigenvalue weighted by Crippen LogP contribution is -2.04. The molecule has 3 rings (SSSR count). The van der Waals surface area contributed by atoms with Crippen LogP contribution in [-0.4, -0.2) is 10.2 Å². The lowest BCUT2D eigenvalue weighted by Gasteiger charge is -2.12. The molecule has 3 aromatic rings. The molecule has 0 saturated heterocycles. The fourth-order valence-electron chi connectivity index (χ4n) is 2.02. The van der Waals surface area contributed by atoms with Gasteiger partial charge in [-0.3, -0.25) is 0 Å². The van der Waals surface area contributed by atoms with Gasteiger partial charge in [-0.1, -0.05) is 29.3 Å². The van der Waals surface area contributed by atoms with Crippen LogP contribution in [0.25, 0.3) is 11.5 Å². The highest BCUT2D eigenvalue weighted by Crippen LogP contribution is 2.30. The zero-order valence-electron chi connectivity index (χ0n) is 12.6. The van der Waals surface area contributed by atoms with E-state index in [1.807, 2.05) is 31.2 Å². The number of halogens is 2. The van der Waals surface area contributed by atoms with Gasteiger partial charge < -0.3 is 9.15 Å². The Morgan fingerprint density at radius 2 is 1.87 bits per heavy atom. The topological polar surface area (TPSA) is 48.2 Å². The molecule has 0 fully saturated rings. The van der Waals surface area contributed by atoms with Crippen molar-refractivity contribution >= 4 is 11.6 Å². The smallest absolute Gasteiger partial charge is 0.257 e. The van der Waals surface area contributed by atoms with Crippen LogP contribution in [0.5, 0.6) is 5.75 Å². The molecular weight excluding hydrogens is 319 g/mol. The van der Waals surface area contributed by atoms with Gasteiger partial charge in [0.25, 0.3) is 5.89 Å². The third-order valence-corrected chi connectivity index (χ3v) is 3.58. The van der Waals surface area contributed by atoms with Crippen LogP contribution >= 0.6 is 11.6 Å². The second-order valence-corrected chi connectivity index (χ2v) is 5.55. The molecule has 1 atom stereocenters. The molecule has 0 N–H and O–H groups in total. The first-order chi connectivity index (χ1) is 11.0. The predicted octanol–water partition coefficient (Wildman–Crippen LogP) is 4.98. The number of aromatic nitrogens is 2. The van der Waals surface area contributed by atoms with Crippen LogP contribution in [0.3, 0.4) is 0 Å². The van der Waals surface area contributed by atoms with Crippen LogP contribution in [-0.2, 0) is 0 Å². The van der Waals surface area contributed by atoms with Gasteiger partial charge in [0.05, 0.1) is 5.02 Å². The molecule has 1 heterocycles. The van der Waals surface area contributed by atoms with Gasteiger partial charge in [0, 0.05) is 5.56 Å². The second kappa shape index (κ2) is 6.38. The molecule has 0 saturated carbocycles. The van der Waals surface area contributed by atoms with Crippen LogP contribution in [0, 0.1) is 12.7 Å². The standard InChI is InChI=1S/C17H14ClFN2O2/c1-10-3-5-12(6-4-10)17-21-20-16(23-17)11(2)22-15-8-7-13(19)9-14(15)18/h3-9,11H,1-2H3. The molecule has 1 aromatic heterocycles. The first-order valence-electron chi connectivity index (χ1n) is 7.05. The highest BCUT2D eigenvalue weighted by Gasteiger charge is 2.18. The Morgan fingerprint density at radius 3 is 2.57 bits per heavy atom. The molecule has 0 radical (unpaired) electrons. The minimum Gasteiger partial charge on any atom is -0.479 e. The molecule has 4 nitrogen and oxygen atoms in total. The SMILES string of the molecule is Cc1ccc(-c2nnc(C(C)Oc3ccc(F)cc3Cl)o2)cc1. The van der Waals surface area contributed by atoms with Gasteiger partial charge in [-0.2, -0.15) is 0 Å². The Labute approximate surface area is 137 Å². The fourth-order valence-corrected chi connectivity index (χ4v) is 2.24. The number of hydrogen-bond acceptors (Lipinski definition) is 4. The maximum atomic E-state index is 13.0. The quantitative estimate of drug-likeness (QED) is 0.676. The zero-order chi connectivity index (χ0) is 16.4. The van der Waals surface area contributed by atoms with Gasteiger partial charge in [0.2, 0.25) is 5.89 Å². The van der Waals surface area contributed by atoms with Crippen molar-refractivity contribution in [3.8, 4) is 17.2 Å². The molecule has 0 spiro atoms. The summed E-state index contributed by atoms with van der Waals surface area (Å²) in [5, 5.41) is 8.22. The molecule has 6 heteroatoms. The Balaban J connectivity index is 1.78. The summed E-state index contributed by atoms with van der Waals surface area (Å²) in [4.78, 5) is 0. The van der Waals surface area contributed by atoms with Crippen molar-refractivity contribution in [2.45, 2.75) is 20.0 Å². The summed E-state index contributed by atoms with van der Waals surface area (Å²) >= 11 is 5.95. The van der Waals surface area contributed by atoms with Crippen LogP contribution < -0.4 is 4.74 Å². The zero-order valence-corrected chi connectivity index (χ0v) is 13.3. The fraction of sp³-hybridized carbons (Fsp3) is 0.176. The van der Waals surface area contributed by atoms with E-state index in [4.69, 9.17) is 20.8 Å². The average molecular weight is 333 g/mol. The van der Waals surface area contributed by atoms with E-state index in [0.29, 0.717) is 17.5 Å². The second-order valence-electron chi connectivity index (χ2n) is 5.15. The molecule has 0 amide bonds. The van der Waals surface area contributed by atoms with Crippen molar-refractivity contribution in [1.82, 2.24) is 10.2 Å². The van der Waals surface area contributed by atoms with Crippen molar-refractivity contribution in [2.75, 3.05) is 0 Å². The van der Waals surface area contributed by atoms with Crippen molar-refractivity contribution in [3.63, 3.8) is 0 Å². The number of ether oxygens (including phenoxy) is 1. The van der Waals surface area contributed by atoms with Gasteiger partial charge in [0.15, 0.2) is 6.10 Å². The largest absolute Gasteiger partial charge is 0.479 e. The molecular formula is C17H14ClFN2O2. The summed E-state index contributed by atoms with van der Waals surface area (Å²) in [5.74, 6) is 0.673. The summed E-state index contributed by atoms with van der Waals surface area (Å²) in [5.41, 5.74) is 1.98. The predicted molar refractivity (Wildman–Crippen MR) is 84.9 cm³/mol. The van der Waals surface area contributed by atoms with Gasteiger partial charge in [0.1, 0.15) is 11.6 Å². The summed E-state index contributed by atoms with van der Waals surface area (Å²) in [6.07, 6.45) is -0.510. The number of nitrogens with zero attached hydrogens (tertiary/aromatic N) is 2. The first-order valence-corrected chi connectivity index (χ1v) is 7.43. The van der Waals surface area contributed by atoms with E-state index in [9.17, 15) is 4.39 Å². The Bertz CT molecular complexity index is 818. The van der Waals surface area contributed by atoms with Crippen LogP contribution in [0.1, 0.15) is 24.5 Å². The highest BCUT2D eigenvalue weighted by molar-refractivity contribution is 6.32. The molecule has 1 unspecified atom stereocenters. The van der Waals surface area contributed by atoms with Crippen molar-refractivity contribution in [3.05, 3.63) is 64.8 Å². The van der Waals surface area contributed by atoms with Gasteiger partial charge in [-0.05, 0) is 44.2 Å². The summed E-state index contributed by atoms with van der Waals surface area (Å²) < 4.78 is 24.3. The van der Waals surface area contributed by atoms with Crippen molar-refractivity contribution < 1.29 is 13.5 Å². The number of rotatable bonds is 4. The van der Waals surface area contributed by atoms with Crippen LogP contribution in [0.15, 0.2) is 46.9 Å². The Hall–Kier alpha value is -2.40. The lowest BCUT2D eigenvalue weighted by atomic mass is 10.1. The average Bonchev–Trinajstić information content (AvgIpc) is 3.01. The van der Waals surface area contributed by atoms with E-state index >= 15 is 0 Å².